The molecular weight excluding hydrogens is 278 g/mol. The van der Waals surface area contributed by atoms with Gasteiger partial charge < -0.3 is 4.74 Å². The molecule has 2 atom stereocenters. The molecule has 0 bridgehead atoms. The van der Waals surface area contributed by atoms with Gasteiger partial charge in [-0.15, -0.1) is 0 Å². The molecule has 1 aromatic rings. The highest BCUT2D eigenvalue weighted by atomic mass is 32.2. The molecule has 1 aliphatic heterocycles. The van der Waals surface area contributed by atoms with Crippen LogP contribution in [0.2, 0.25) is 0 Å². The number of nitrogens with zero attached hydrogens (tertiary/aromatic N) is 1. The van der Waals surface area contributed by atoms with Gasteiger partial charge in [0.25, 0.3) is 0 Å². The molecular formula is C14H15NO4S. The zero-order valence-corrected chi connectivity index (χ0v) is 11.9. The standard InChI is InChI=1S/C14H15NO4S/c1-2-3-11-9-19-14(16)13(11)20(17,18)12-6-4-10(8-15)5-7-12/h4-7,11,13H,2-3,9H2,1H3/t11-,13?/m0/s1. The lowest BCUT2D eigenvalue weighted by Crippen LogP contribution is -2.32. The van der Waals surface area contributed by atoms with Crippen LogP contribution in [0.1, 0.15) is 25.3 Å². The molecule has 0 N–H and O–H groups in total. The first kappa shape index (κ1) is 14.5. The Balaban J connectivity index is 2.37. The molecule has 1 saturated heterocycles. The van der Waals surface area contributed by atoms with Gasteiger partial charge in [0.1, 0.15) is 0 Å². The largest absolute Gasteiger partial charge is 0.464 e. The number of benzene rings is 1. The molecule has 20 heavy (non-hydrogen) atoms. The highest BCUT2D eigenvalue weighted by molar-refractivity contribution is 7.92. The highest BCUT2D eigenvalue weighted by Crippen LogP contribution is 2.30. The molecule has 1 unspecified atom stereocenters. The summed E-state index contributed by atoms with van der Waals surface area (Å²) in [4.78, 5) is 11.8. The van der Waals surface area contributed by atoms with Gasteiger partial charge in [0.15, 0.2) is 15.1 Å². The van der Waals surface area contributed by atoms with E-state index in [9.17, 15) is 13.2 Å². The fourth-order valence-electron chi connectivity index (χ4n) is 2.40. The lowest BCUT2D eigenvalue weighted by Gasteiger charge is -2.15. The van der Waals surface area contributed by atoms with E-state index in [1.807, 2.05) is 13.0 Å². The summed E-state index contributed by atoms with van der Waals surface area (Å²) >= 11 is 0. The van der Waals surface area contributed by atoms with Crippen LogP contribution in [-0.2, 0) is 19.4 Å². The predicted molar refractivity (Wildman–Crippen MR) is 71.5 cm³/mol. The van der Waals surface area contributed by atoms with Crippen LogP contribution in [0.3, 0.4) is 0 Å². The van der Waals surface area contributed by atoms with E-state index in [-0.39, 0.29) is 17.4 Å². The zero-order chi connectivity index (χ0) is 14.8. The molecule has 1 aliphatic rings. The predicted octanol–water partition coefficient (Wildman–Crippen LogP) is 1.67. The second kappa shape index (κ2) is 5.63. The Morgan fingerprint density at radius 2 is 2.00 bits per heavy atom. The van der Waals surface area contributed by atoms with Gasteiger partial charge in [-0.2, -0.15) is 5.26 Å². The summed E-state index contributed by atoms with van der Waals surface area (Å²) in [5.74, 6) is -0.971. The SMILES string of the molecule is CCC[C@H]1COC(=O)C1S(=O)(=O)c1ccc(C#N)cc1. The molecule has 106 valence electrons. The molecule has 0 radical (unpaired) electrons. The van der Waals surface area contributed by atoms with Crippen molar-refractivity contribution in [2.75, 3.05) is 6.61 Å². The molecule has 1 heterocycles. The van der Waals surface area contributed by atoms with E-state index in [0.29, 0.717) is 12.0 Å². The molecule has 0 amide bonds. The average Bonchev–Trinajstić information content (AvgIpc) is 2.81. The van der Waals surface area contributed by atoms with E-state index in [2.05, 4.69) is 0 Å². The maximum Gasteiger partial charge on any atom is 0.325 e. The van der Waals surface area contributed by atoms with E-state index >= 15 is 0 Å². The minimum absolute atomic E-state index is 0.0569. The van der Waals surface area contributed by atoms with Crippen molar-refractivity contribution < 1.29 is 17.9 Å². The van der Waals surface area contributed by atoms with Crippen molar-refractivity contribution in [3.05, 3.63) is 29.8 Å². The van der Waals surface area contributed by atoms with E-state index < -0.39 is 21.1 Å². The number of hydrogen-bond acceptors (Lipinski definition) is 5. The van der Waals surface area contributed by atoms with Gasteiger partial charge in [-0.05, 0) is 30.7 Å². The Morgan fingerprint density at radius 3 is 2.55 bits per heavy atom. The quantitative estimate of drug-likeness (QED) is 0.788. The van der Waals surface area contributed by atoms with Crippen molar-refractivity contribution >= 4 is 15.8 Å². The third-order valence-corrected chi connectivity index (χ3v) is 5.58. The van der Waals surface area contributed by atoms with Gasteiger partial charge in [0.2, 0.25) is 0 Å². The fourth-order valence-corrected chi connectivity index (χ4v) is 4.25. The van der Waals surface area contributed by atoms with Crippen LogP contribution < -0.4 is 0 Å². The molecule has 5 nitrogen and oxygen atoms in total. The minimum Gasteiger partial charge on any atom is -0.464 e. The molecule has 1 fully saturated rings. The highest BCUT2D eigenvalue weighted by Gasteiger charge is 2.46. The topological polar surface area (TPSA) is 84.2 Å². The van der Waals surface area contributed by atoms with E-state index in [1.54, 1.807) is 0 Å². The lowest BCUT2D eigenvalue weighted by molar-refractivity contribution is -0.137. The Hall–Kier alpha value is -1.87. The van der Waals surface area contributed by atoms with Crippen LogP contribution in [0.5, 0.6) is 0 Å². The number of ether oxygens (including phenoxy) is 1. The second-order valence-electron chi connectivity index (χ2n) is 4.78. The van der Waals surface area contributed by atoms with Crippen molar-refractivity contribution in [2.45, 2.75) is 29.9 Å². The van der Waals surface area contributed by atoms with Crippen molar-refractivity contribution in [1.82, 2.24) is 0 Å². The number of carbonyl (C=O) groups excluding carboxylic acids is 1. The third-order valence-electron chi connectivity index (χ3n) is 3.41. The summed E-state index contributed by atoms with van der Waals surface area (Å²) in [6.07, 6.45) is 1.42. The summed E-state index contributed by atoms with van der Waals surface area (Å²) in [6.45, 7) is 2.10. The van der Waals surface area contributed by atoms with Crippen LogP contribution in [0.25, 0.3) is 0 Å². The summed E-state index contributed by atoms with van der Waals surface area (Å²) in [6, 6.07) is 7.52. The Morgan fingerprint density at radius 1 is 1.35 bits per heavy atom. The van der Waals surface area contributed by atoms with Crippen LogP contribution in [0, 0.1) is 17.2 Å². The maximum atomic E-state index is 12.5. The Bertz CT molecular complexity index is 643. The first-order chi connectivity index (χ1) is 9.50. The van der Waals surface area contributed by atoms with Crippen LogP contribution >= 0.6 is 0 Å². The van der Waals surface area contributed by atoms with Gasteiger partial charge >= 0.3 is 5.97 Å². The molecule has 0 aromatic heterocycles. The third kappa shape index (κ3) is 2.54. The first-order valence-electron chi connectivity index (χ1n) is 6.41. The van der Waals surface area contributed by atoms with Crippen LogP contribution in [0.4, 0.5) is 0 Å². The molecule has 6 heteroatoms. The molecule has 0 aliphatic carbocycles. The van der Waals surface area contributed by atoms with Gasteiger partial charge in [0, 0.05) is 5.92 Å². The average molecular weight is 293 g/mol. The number of carbonyl (C=O) groups is 1. The van der Waals surface area contributed by atoms with E-state index in [1.165, 1.54) is 24.3 Å². The maximum absolute atomic E-state index is 12.5. The number of nitriles is 1. The zero-order valence-electron chi connectivity index (χ0n) is 11.1. The molecule has 1 aromatic carbocycles. The summed E-state index contributed by atoms with van der Waals surface area (Å²) in [7, 11) is -3.77. The smallest absolute Gasteiger partial charge is 0.325 e. The fraction of sp³-hybridized carbons (Fsp3) is 0.429. The minimum atomic E-state index is -3.77. The Labute approximate surface area is 118 Å². The summed E-state index contributed by atoms with van der Waals surface area (Å²) in [5, 5.41) is 7.59. The van der Waals surface area contributed by atoms with Gasteiger partial charge in [-0.1, -0.05) is 13.3 Å². The normalized spacial score (nSPS) is 22.3. The van der Waals surface area contributed by atoms with Crippen molar-refractivity contribution in [2.24, 2.45) is 5.92 Å². The molecule has 0 saturated carbocycles. The molecule has 2 rings (SSSR count). The van der Waals surface area contributed by atoms with Gasteiger partial charge in [-0.3, -0.25) is 4.79 Å². The van der Waals surface area contributed by atoms with E-state index in [0.717, 1.165) is 6.42 Å². The Kier molecular flexibility index (Phi) is 4.09. The summed E-state index contributed by atoms with van der Waals surface area (Å²) < 4.78 is 30.0. The van der Waals surface area contributed by atoms with E-state index in [4.69, 9.17) is 10.00 Å². The van der Waals surface area contributed by atoms with Crippen LogP contribution in [-0.4, -0.2) is 26.2 Å². The monoisotopic (exact) mass is 293 g/mol. The van der Waals surface area contributed by atoms with Crippen molar-refractivity contribution in [3.63, 3.8) is 0 Å². The van der Waals surface area contributed by atoms with Gasteiger partial charge in [0.05, 0.1) is 23.1 Å². The number of rotatable bonds is 4. The number of cyclic esters (lactones) is 1. The number of esters is 1. The lowest BCUT2D eigenvalue weighted by atomic mass is 10.0. The number of sulfone groups is 1. The second-order valence-corrected chi connectivity index (χ2v) is 6.85. The number of hydrogen-bond donors (Lipinski definition) is 0. The van der Waals surface area contributed by atoms with Crippen LogP contribution in [0.15, 0.2) is 29.2 Å². The first-order valence-corrected chi connectivity index (χ1v) is 7.96. The van der Waals surface area contributed by atoms with Crippen molar-refractivity contribution in [1.29, 1.82) is 5.26 Å². The van der Waals surface area contributed by atoms with Crippen molar-refractivity contribution in [3.8, 4) is 6.07 Å². The van der Waals surface area contributed by atoms with Gasteiger partial charge in [-0.25, -0.2) is 8.42 Å². The molecule has 0 spiro atoms. The summed E-state index contributed by atoms with van der Waals surface area (Å²) in [5.41, 5.74) is 0.378.